The Morgan fingerprint density at radius 1 is 1.67 bits per heavy atom. The fourth-order valence-corrected chi connectivity index (χ4v) is 2.04. The molecule has 100 valence electrons. The van der Waals surface area contributed by atoms with Crippen LogP contribution in [0.25, 0.3) is 0 Å². The lowest BCUT2D eigenvalue weighted by molar-refractivity contribution is -0.144. The summed E-state index contributed by atoms with van der Waals surface area (Å²) >= 11 is 1.72. The molecule has 1 rings (SSSR count). The van der Waals surface area contributed by atoms with Gasteiger partial charge in [0, 0.05) is 11.4 Å². The lowest BCUT2D eigenvalue weighted by Crippen LogP contribution is -2.34. The molecule has 0 amide bonds. The van der Waals surface area contributed by atoms with Gasteiger partial charge in [0.25, 0.3) is 0 Å². The van der Waals surface area contributed by atoms with Crippen LogP contribution < -0.4 is 11.1 Å². The normalized spacial score (nSPS) is 13.1. The molecule has 5 nitrogen and oxygen atoms in total. The largest absolute Gasteiger partial charge is 0.469 e. The summed E-state index contributed by atoms with van der Waals surface area (Å²) in [5.41, 5.74) is 5.69. The number of nitrogens with zero attached hydrogens (tertiary/aromatic N) is 1. The van der Waals surface area contributed by atoms with Crippen LogP contribution in [0.4, 0.5) is 0 Å². The summed E-state index contributed by atoms with van der Waals surface area (Å²) in [5.74, 6) is -0.180. The molecule has 1 atom stereocenters. The minimum Gasteiger partial charge on any atom is -0.469 e. The van der Waals surface area contributed by atoms with Gasteiger partial charge in [-0.2, -0.15) is 0 Å². The summed E-state index contributed by atoms with van der Waals surface area (Å²) < 4.78 is 4.61. The van der Waals surface area contributed by atoms with Crippen LogP contribution in [0.15, 0.2) is 22.5 Å². The Labute approximate surface area is 111 Å². The van der Waals surface area contributed by atoms with E-state index in [0.29, 0.717) is 12.5 Å². The quantitative estimate of drug-likeness (QED) is 0.459. The molecule has 1 aromatic rings. The number of thiophene rings is 1. The summed E-state index contributed by atoms with van der Waals surface area (Å²) in [6.07, 6.45) is 0.917. The lowest BCUT2D eigenvalue weighted by Gasteiger charge is -2.07. The number of ether oxygens (including phenoxy) is 1. The van der Waals surface area contributed by atoms with Crippen molar-refractivity contribution in [2.24, 2.45) is 16.6 Å². The van der Waals surface area contributed by atoms with Crippen molar-refractivity contribution in [1.82, 2.24) is 5.32 Å². The van der Waals surface area contributed by atoms with E-state index in [4.69, 9.17) is 5.73 Å². The molecule has 0 bridgehead atoms. The maximum atomic E-state index is 11.1. The van der Waals surface area contributed by atoms with Crippen LogP contribution in [0.2, 0.25) is 0 Å². The van der Waals surface area contributed by atoms with Gasteiger partial charge >= 0.3 is 5.97 Å². The zero-order valence-electron chi connectivity index (χ0n) is 10.7. The van der Waals surface area contributed by atoms with E-state index in [1.54, 1.807) is 18.3 Å². The van der Waals surface area contributed by atoms with E-state index in [0.717, 1.165) is 13.0 Å². The maximum Gasteiger partial charge on any atom is 0.310 e. The highest BCUT2D eigenvalue weighted by molar-refractivity contribution is 7.09. The van der Waals surface area contributed by atoms with Crippen LogP contribution >= 0.6 is 11.3 Å². The van der Waals surface area contributed by atoms with Crippen molar-refractivity contribution in [2.75, 3.05) is 20.2 Å². The number of hydrogen-bond donors (Lipinski definition) is 2. The van der Waals surface area contributed by atoms with Crippen LogP contribution in [0.1, 0.15) is 11.8 Å². The predicted molar refractivity (Wildman–Crippen MR) is 73.7 cm³/mol. The first-order valence-electron chi connectivity index (χ1n) is 5.77. The number of guanidine groups is 1. The fourth-order valence-electron chi connectivity index (χ4n) is 1.34. The standard InChI is InChI=1S/C12H19N3O2S/c1-9(11(16)17-2)8-15-12(13)14-6-5-10-4-3-7-18-10/h3-4,7,9H,5-6,8H2,1-2H3,(H3,13,14,15). The van der Waals surface area contributed by atoms with E-state index < -0.39 is 0 Å². The SMILES string of the molecule is COC(=O)C(C)CN=C(N)NCCc1cccs1. The third kappa shape index (κ3) is 5.18. The van der Waals surface area contributed by atoms with Crippen molar-refractivity contribution < 1.29 is 9.53 Å². The molecule has 0 fully saturated rings. The molecule has 0 radical (unpaired) electrons. The van der Waals surface area contributed by atoms with E-state index in [2.05, 4.69) is 21.1 Å². The second-order valence-electron chi connectivity index (χ2n) is 3.91. The number of nitrogens with two attached hydrogens (primary N) is 1. The van der Waals surface area contributed by atoms with Crippen molar-refractivity contribution in [3.63, 3.8) is 0 Å². The first-order chi connectivity index (χ1) is 8.63. The monoisotopic (exact) mass is 269 g/mol. The van der Waals surface area contributed by atoms with Crippen molar-refractivity contribution in [3.8, 4) is 0 Å². The first kappa shape index (κ1) is 14.5. The molecular weight excluding hydrogens is 250 g/mol. The summed E-state index contributed by atoms with van der Waals surface area (Å²) in [7, 11) is 1.37. The average molecular weight is 269 g/mol. The van der Waals surface area contributed by atoms with Gasteiger partial charge in [0.2, 0.25) is 0 Å². The van der Waals surface area contributed by atoms with Crippen molar-refractivity contribution in [1.29, 1.82) is 0 Å². The minimum atomic E-state index is -0.273. The number of hydrogen-bond acceptors (Lipinski definition) is 4. The molecule has 0 aromatic carbocycles. The number of aliphatic imine (C=N–C) groups is 1. The van der Waals surface area contributed by atoms with E-state index >= 15 is 0 Å². The number of carbonyl (C=O) groups excluding carboxylic acids is 1. The Balaban J connectivity index is 2.23. The van der Waals surface area contributed by atoms with Crippen LogP contribution in [-0.2, 0) is 16.0 Å². The molecule has 18 heavy (non-hydrogen) atoms. The van der Waals surface area contributed by atoms with E-state index in [1.165, 1.54) is 12.0 Å². The summed E-state index contributed by atoms with van der Waals surface area (Å²) in [5, 5.41) is 5.06. The highest BCUT2D eigenvalue weighted by Crippen LogP contribution is 2.07. The fraction of sp³-hybridized carbons (Fsp3) is 0.500. The second-order valence-corrected chi connectivity index (χ2v) is 4.94. The third-order valence-corrected chi connectivity index (χ3v) is 3.33. The number of esters is 1. The van der Waals surface area contributed by atoms with Crippen LogP contribution in [0, 0.1) is 5.92 Å². The summed E-state index contributed by atoms with van der Waals surface area (Å²) in [6, 6.07) is 4.11. The van der Waals surface area contributed by atoms with Crippen molar-refractivity contribution in [2.45, 2.75) is 13.3 Å². The molecule has 6 heteroatoms. The third-order valence-electron chi connectivity index (χ3n) is 2.40. The van der Waals surface area contributed by atoms with Crippen molar-refractivity contribution in [3.05, 3.63) is 22.4 Å². The van der Waals surface area contributed by atoms with Crippen LogP contribution in [0.5, 0.6) is 0 Å². The Morgan fingerprint density at radius 2 is 2.44 bits per heavy atom. The van der Waals surface area contributed by atoms with Crippen LogP contribution in [-0.4, -0.2) is 32.1 Å². The zero-order valence-corrected chi connectivity index (χ0v) is 11.5. The summed E-state index contributed by atoms with van der Waals surface area (Å²) in [4.78, 5) is 16.5. The molecule has 0 aliphatic heterocycles. The maximum absolute atomic E-state index is 11.1. The number of methoxy groups -OCH3 is 1. The average Bonchev–Trinajstić information content (AvgIpc) is 2.88. The molecule has 0 saturated carbocycles. The molecule has 1 heterocycles. The predicted octanol–water partition coefficient (Wildman–Crippen LogP) is 1.00. The van der Waals surface area contributed by atoms with Gasteiger partial charge in [-0.1, -0.05) is 13.0 Å². The van der Waals surface area contributed by atoms with E-state index in [1.807, 2.05) is 11.4 Å². The van der Waals surface area contributed by atoms with E-state index in [-0.39, 0.29) is 11.9 Å². The zero-order chi connectivity index (χ0) is 13.4. The number of nitrogens with one attached hydrogen (secondary N) is 1. The molecule has 0 spiro atoms. The topological polar surface area (TPSA) is 76.7 Å². The summed E-state index contributed by atoms with van der Waals surface area (Å²) in [6.45, 7) is 2.83. The lowest BCUT2D eigenvalue weighted by atomic mass is 10.2. The smallest absolute Gasteiger partial charge is 0.310 e. The molecular formula is C12H19N3O2S. The first-order valence-corrected chi connectivity index (χ1v) is 6.65. The van der Waals surface area contributed by atoms with Gasteiger partial charge in [-0.25, -0.2) is 0 Å². The minimum absolute atomic E-state index is 0.271. The van der Waals surface area contributed by atoms with E-state index in [9.17, 15) is 4.79 Å². The molecule has 0 aliphatic rings. The van der Waals surface area contributed by atoms with Crippen LogP contribution in [0.3, 0.4) is 0 Å². The Hall–Kier alpha value is -1.56. The van der Waals surface area contributed by atoms with Gasteiger partial charge in [-0.05, 0) is 17.9 Å². The van der Waals surface area contributed by atoms with Gasteiger partial charge in [0.15, 0.2) is 5.96 Å². The molecule has 0 saturated heterocycles. The Kier molecular flexibility index (Phi) is 6.21. The highest BCUT2D eigenvalue weighted by atomic mass is 32.1. The molecule has 1 unspecified atom stereocenters. The van der Waals surface area contributed by atoms with Gasteiger partial charge in [0.1, 0.15) is 0 Å². The molecule has 0 aliphatic carbocycles. The Morgan fingerprint density at radius 3 is 3.06 bits per heavy atom. The second kappa shape index (κ2) is 7.71. The van der Waals surface area contributed by atoms with Gasteiger partial charge in [-0.3, -0.25) is 9.79 Å². The number of rotatable bonds is 6. The molecule has 3 N–H and O–H groups in total. The molecule has 1 aromatic heterocycles. The van der Waals surface area contributed by atoms with Gasteiger partial charge in [0.05, 0.1) is 19.6 Å². The van der Waals surface area contributed by atoms with Crippen molar-refractivity contribution >= 4 is 23.3 Å². The van der Waals surface area contributed by atoms with Gasteiger partial charge in [-0.15, -0.1) is 11.3 Å². The van der Waals surface area contributed by atoms with Gasteiger partial charge < -0.3 is 15.8 Å². The number of carbonyl (C=O) groups is 1. The highest BCUT2D eigenvalue weighted by Gasteiger charge is 2.11. The Bertz CT molecular complexity index is 390.